The quantitative estimate of drug-likeness (QED) is 0.884. The van der Waals surface area contributed by atoms with E-state index in [4.69, 9.17) is 5.73 Å². The van der Waals surface area contributed by atoms with Crippen LogP contribution in [0.15, 0.2) is 30.3 Å². The molecule has 2 aliphatic rings. The molecule has 2 fully saturated rings. The Bertz CT molecular complexity index is 708. The van der Waals surface area contributed by atoms with Crippen molar-refractivity contribution < 1.29 is 0 Å². The summed E-state index contributed by atoms with van der Waals surface area (Å²) in [5.41, 5.74) is 7.17. The molecule has 1 atom stereocenters. The molecule has 138 valence electrons. The largest absolute Gasteiger partial charge is 0.368 e. The lowest BCUT2D eigenvalue weighted by Crippen LogP contribution is -2.51. The zero-order valence-corrected chi connectivity index (χ0v) is 15.4. The number of nitrogen functional groups attached to an aromatic ring is 1. The van der Waals surface area contributed by atoms with E-state index in [0.29, 0.717) is 23.8 Å². The molecule has 0 aliphatic carbocycles. The van der Waals surface area contributed by atoms with Crippen LogP contribution < -0.4 is 10.6 Å². The molecule has 2 N–H and O–H groups in total. The minimum Gasteiger partial charge on any atom is -0.368 e. The fourth-order valence-electron chi connectivity index (χ4n) is 4.01. The number of hydrogen-bond donors (Lipinski definition) is 1. The van der Waals surface area contributed by atoms with Crippen LogP contribution >= 0.6 is 0 Å². The molecule has 0 bridgehead atoms. The smallest absolute Gasteiger partial charge is 0.230 e. The lowest BCUT2D eigenvalue weighted by atomic mass is 10.2. The summed E-state index contributed by atoms with van der Waals surface area (Å²) in [6.07, 6.45) is 1.25. The molecule has 26 heavy (non-hydrogen) atoms. The Kier molecular flexibility index (Phi) is 4.99. The summed E-state index contributed by atoms with van der Waals surface area (Å²) in [5.74, 6) is 1.70. The molecule has 0 spiro atoms. The van der Waals surface area contributed by atoms with E-state index in [1.165, 1.54) is 18.5 Å². The van der Waals surface area contributed by atoms with Gasteiger partial charge >= 0.3 is 0 Å². The number of hydrogen-bond acceptors (Lipinski definition) is 7. The number of nitrogens with zero attached hydrogens (tertiary/aromatic N) is 6. The van der Waals surface area contributed by atoms with E-state index < -0.39 is 0 Å². The fourth-order valence-corrected chi connectivity index (χ4v) is 4.01. The molecule has 4 rings (SSSR count). The number of piperazine rings is 1. The first-order valence-corrected chi connectivity index (χ1v) is 9.41. The van der Waals surface area contributed by atoms with Crippen molar-refractivity contribution >= 4 is 11.9 Å². The second-order valence-corrected chi connectivity index (χ2v) is 7.23. The monoisotopic (exact) mass is 353 g/mol. The maximum absolute atomic E-state index is 5.77. The van der Waals surface area contributed by atoms with Crippen molar-refractivity contribution in [3.63, 3.8) is 0 Å². The standard InChI is InChI=1S/C19H27N7/c1-15-21-18(20)23-19(22-15)26-11-9-25(10-12-26)17-7-8-24(14-17)13-16-5-3-2-4-6-16/h2-6,17H,7-14H2,1H3,(H2,20,21,22,23). The van der Waals surface area contributed by atoms with Gasteiger partial charge in [-0.05, 0) is 18.9 Å². The molecule has 2 saturated heterocycles. The third-order valence-electron chi connectivity index (χ3n) is 5.36. The Labute approximate surface area is 154 Å². The van der Waals surface area contributed by atoms with Gasteiger partial charge in [-0.2, -0.15) is 15.0 Å². The van der Waals surface area contributed by atoms with Crippen molar-refractivity contribution in [2.75, 3.05) is 49.9 Å². The summed E-state index contributed by atoms with van der Waals surface area (Å²) < 4.78 is 0. The van der Waals surface area contributed by atoms with Crippen LogP contribution in [-0.4, -0.2) is 70.1 Å². The molecule has 2 aromatic rings. The van der Waals surface area contributed by atoms with Crippen LogP contribution in [0.1, 0.15) is 17.8 Å². The molecule has 1 aromatic carbocycles. The first-order valence-electron chi connectivity index (χ1n) is 9.41. The van der Waals surface area contributed by atoms with Gasteiger partial charge in [-0.3, -0.25) is 9.80 Å². The highest BCUT2D eigenvalue weighted by Gasteiger charge is 2.30. The Balaban J connectivity index is 1.30. The van der Waals surface area contributed by atoms with Gasteiger partial charge < -0.3 is 10.6 Å². The molecular weight excluding hydrogens is 326 g/mol. The second kappa shape index (κ2) is 7.55. The van der Waals surface area contributed by atoms with Gasteiger partial charge in [-0.1, -0.05) is 30.3 Å². The van der Waals surface area contributed by atoms with Crippen LogP contribution in [0.3, 0.4) is 0 Å². The number of benzene rings is 1. The van der Waals surface area contributed by atoms with Gasteiger partial charge in [-0.15, -0.1) is 0 Å². The minimum atomic E-state index is 0.308. The average Bonchev–Trinajstić information content (AvgIpc) is 3.10. The van der Waals surface area contributed by atoms with Gasteiger partial charge in [0.1, 0.15) is 5.82 Å². The normalized spacial score (nSPS) is 22.0. The van der Waals surface area contributed by atoms with Gasteiger partial charge in [0.05, 0.1) is 0 Å². The molecular formula is C19H27N7. The number of aryl methyl sites for hydroxylation is 1. The van der Waals surface area contributed by atoms with Crippen molar-refractivity contribution in [1.82, 2.24) is 24.8 Å². The SMILES string of the molecule is Cc1nc(N)nc(N2CCN(C3CCN(Cc4ccccc4)C3)CC2)n1. The van der Waals surface area contributed by atoms with Crippen molar-refractivity contribution in [1.29, 1.82) is 0 Å². The zero-order valence-electron chi connectivity index (χ0n) is 15.4. The highest BCUT2D eigenvalue weighted by atomic mass is 15.4. The Hall–Kier alpha value is -2.25. The van der Waals surface area contributed by atoms with E-state index in [2.05, 4.69) is 60.0 Å². The number of nitrogens with two attached hydrogens (primary N) is 1. The summed E-state index contributed by atoms with van der Waals surface area (Å²) in [4.78, 5) is 20.2. The van der Waals surface area contributed by atoms with Crippen molar-refractivity contribution in [2.45, 2.75) is 25.9 Å². The minimum absolute atomic E-state index is 0.308. The fraction of sp³-hybridized carbons (Fsp3) is 0.526. The molecule has 2 aliphatic heterocycles. The van der Waals surface area contributed by atoms with Crippen molar-refractivity contribution in [3.05, 3.63) is 41.7 Å². The molecule has 7 nitrogen and oxygen atoms in total. The zero-order chi connectivity index (χ0) is 17.9. The third-order valence-corrected chi connectivity index (χ3v) is 5.36. The van der Waals surface area contributed by atoms with E-state index in [0.717, 1.165) is 39.3 Å². The Morgan fingerprint density at radius 2 is 1.77 bits per heavy atom. The highest BCUT2D eigenvalue weighted by Crippen LogP contribution is 2.21. The summed E-state index contributed by atoms with van der Waals surface area (Å²) in [6.45, 7) is 9.24. The van der Waals surface area contributed by atoms with Gasteiger partial charge in [0, 0.05) is 51.9 Å². The van der Waals surface area contributed by atoms with Crippen molar-refractivity contribution in [2.24, 2.45) is 0 Å². The van der Waals surface area contributed by atoms with E-state index in [1.54, 1.807) is 0 Å². The van der Waals surface area contributed by atoms with E-state index in [1.807, 2.05) is 6.92 Å². The molecule has 0 radical (unpaired) electrons. The van der Waals surface area contributed by atoms with Crippen LogP contribution in [0.5, 0.6) is 0 Å². The van der Waals surface area contributed by atoms with Crippen LogP contribution in [0.2, 0.25) is 0 Å². The maximum atomic E-state index is 5.77. The molecule has 0 amide bonds. The first kappa shape index (κ1) is 17.2. The topological polar surface area (TPSA) is 74.4 Å². The summed E-state index contributed by atoms with van der Waals surface area (Å²) in [5, 5.41) is 0. The summed E-state index contributed by atoms with van der Waals surface area (Å²) in [7, 11) is 0. The van der Waals surface area contributed by atoms with Crippen LogP contribution in [0.25, 0.3) is 0 Å². The predicted molar refractivity (Wildman–Crippen MR) is 103 cm³/mol. The number of rotatable bonds is 4. The summed E-state index contributed by atoms with van der Waals surface area (Å²) in [6, 6.07) is 11.4. The molecule has 7 heteroatoms. The van der Waals surface area contributed by atoms with Gasteiger partial charge in [0.2, 0.25) is 11.9 Å². The van der Waals surface area contributed by atoms with E-state index in [-0.39, 0.29) is 0 Å². The van der Waals surface area contributed by atoms with Crippen molar-refractivity contribution in [3.8, 4) is 0 Å². The molecule has 1 aromatic heterocycles. The Morgan fingerprint density at radius 3 is 2.50 bits per heavy atom. The van der Waals surface area contributed by atoms with Gasteiger partial charge in [0.25, 0.3) is 0 Å². The average molecular weight is 353 g/mol. The Morgan fingerprint density at radius 1 is 1.00 bits per heavy atom. The van der Waals surface area contributed by atoms with Gasteiger partial charge in [0.15, 0.2) is 0 Å². The highest BCUT2D eigenvalue weighted by molar-refractivity contribution is 5.35. The van der Waals surface area contributed by atoms with Crippen LogP contribution in [0.4, 0.5) is 11.9 Å². The van der Waals surface area contributed by atoms with E-state index >= 15 is 0 Å². The molecule has 3 heterocycles. The number of likely N-dealkylation sites (tertiary alicyclic amines) is 1. The molecule has 0 saturated carbocycles. The first-order chi connectivity index (χ1) is 12.7. The lowest BCUT2D eigenvalue weighted by Gasteiger charge is -2.38. The third kappa shape index (κ3) is 3.94. The molecule has 1 unspecified atom stereocenters. The number of anilines is 2. The second-order valence-electron chi connectivity index (χ2n) is 7.23. The lowest BCUT2D eigenvalue weighted by molar-refractivity contribution is 0.180. The maximum Gasteiger partial charge on any atom is 0.230 e. The van der Waals surface area contributed by atoms with E-state index in [9.17, 15) is 0 Å². The summed E-state index contributed by atoms with van der Waals surface area (Å²) >= 11 is 0. The predicted octanol–water partition coefficient (Wildman–Crippen LogP) is 1.16. The van der Waals surface area contributed by atoms with Crippen LogP contribution in [0, 0.1) is 6.92 Å². The van der Waals surface area contributed by atoms with Gasteiger partial charge in [-0.25, -0.2) is 0 Å². The van der Waals surface area contributed by atoms with Crippen LogP contribution in [-0.2, 0) is 6.54 Å². The number of aromatic nitrogens is 3.